The van der Waals surface area contributed by atoms with Crippen LogP contribution in [0.25, 0.3) is 11.1 Å². The molecule has 0 N–H and O–H groups in total. The van der Waals surface area contributed by atoms with E-state index in [1.165, 1.54) is 13.8 Å². The molecule has 2 rings (SSSR count). The summed E-state index contributed by atoms with van der Waals surface area (Å²) in [7, 11) is 0. The van der Waals surface area contributed by atoms with Crippen LogP contribution in [0.15, 0.2) is 0 Å². The van der Waals surface area contributed by atoms with E-state index in [0.717, 1.165) is 6.92 Å². The summed E-state index contributed by atoms with van der Waals surface area (Å²) in [6.45, 7) is 3.80. The number of benzene rings is 2. The van der Waals surface area contributed by atoms with Crippen LogP contribution in [0.1, 0.15) is 30.9 Å². The molecule has 24 heavy (non-hydrogen) atoms. The fraction of sp³-hybridized carbons (Fsp3) is 0.250. The van der Waals surface area contributed by atoms with Crippen molar-refractivity contribution in [2.24, 2.45) is 0 Å². The van der Waals surface area contributed by atoms with Gasteiger partial charge in [-0.3, -0.25) is 0 Å². The lowest BCUT2D eigenvalue weighted by Gasteiger charge is -2.18. The Morgan fingerprint density at radius 1 is 0.500 bits per heavy atom. The number of hydrogen-bond acceptors (Lipinski definition) is 0. The fourth-order valence-electron chi connectivity index (χ4n) is 2.60. The van der Waals surface area contributed by atoms with Gasteiger partial charge in [-0.15, -0.1) is 0 Å². The molecule has 130 valence electrons. The molecular formula is C16H10F8. The van der Waals surface area contributed by atoms with Crippen LogP contribution < -0.4 is 0 Å². The summed E-state index contributed by atoms with van der Waals surface area (Å²) in [5, 5.41) is 0. The molecule has 2 aromatic carbocycles. The van der Waals surface area contributed by atoms with Crippen molar-refractivity contribution >= 4 is 0 Å². The van der Waals surface area contributed by atoms with Gasteiger partial charge in [0.1, 0.15) is 0 Å². The van der Waals surface area contributed by atoms with Crippen LogP contribution in [-0.2, 0) is 0 Å². The van der Waals surface area contributed by atoms with E-state index in [2.05, 4.69) is 0 Å². The molecule has 0 aliphatic carbocycles. The average molecular weight is 354 g/mol. The second-order valence-corrected chi connectivity index (χ2v) is 5.46. The van der Waals surface area contributed by atoms with Crippen LogP contribution in [0.3, 0.4) is 0 Å². The molecule has 0 bridgehead atoms. The molecule has 0 saturated carbocycles. The largest absolute Gasteiger partial charge is 0.203 e. The van der Waals surface area contributed by atoms with Crippen molar-refractivity contribution in [3.05, 3.63) is 57.7 Å². The standard InChI is InChI=1S/C16H10F8/c1-4(2)6-5(3)7(10(18)13(21)9(6)17)8-11(19)14(22)16(24)15(23)12(8)20/h4H,1-3H3. The van der Waals surface area contributed by atoms with Crippen molar-refractivity contribution in [3.8, 4) is 11.1 Å². The van der Waals surface area contributed by atoms with Crippen LogP contribution in [0.5, 0.6) is 0 Å². The van der Waals surface area contributed by atoms with Crippen molar-refractivity contribution in [1.82, 2.24) is 0 Å². The zero-order valence-corrected chi connectivity index (χ0v) is 12.6. The second kappa shape index (κ2) is 6.07. The first-order valence-corrected chi connectivity index (χ1v) is 6.71. The lowest BCUT2D eigenvalue weighted by Crippen LogP contribution is -2.11. The number of halogens is 8. The maximum absolute atomic E-state index is 14.1. The molecule has 0 nitrogen and oxygen atoms in total. The quantitative estimate of drug-likeness (QED) is 0.358. The fourth-order valence-corrected chi connectivity index (χ4v) is 2.60. The van der Waals surface area contributed by atoms with E-state index in [1.54, 1.807) is 0 Å². The summed E-state index contributed by atoms with van der Waals surface area (Å²) >= 11 is 0. The van der Waals surface area contributed by atoms with Crippen molar-refractivity contribution in [2.75, 3.05) is 0 Å². The Kier molecular flexibility index (Phi) is 4.61. The summed E-state index contributed by atoms with van der Waals surface area (Å²) in [5.41, 5.74) is -3.72. The molecule has 0 fully saturated rings. The molecule has 0 unspecified atom stereocenters. The Hall–Kier alpha value is -2.12. The highest BCUT2D eigenvalue weighted by atomic mass is 19.2. The first-order chi connectivity index (χ1) is 11.0. The summed E-state index contributed by atoms with van der Waals surface area (Å²) in [4.78, 5) is 0. The van der Waals surface area contributed by atoms with Crippen molar-refractivity contribution in [2.45, 2.75) is 26.7 Å². The summed E-state index contributed by atoms with van der Waals surface area (Å²) in [5.74, 6) is -18.1. The summed E-state index contributed by atoms with van der Waals surface area (Å²) < 4.78 is 109. The van der Waals surface area contributed by atoms with E-state index in [1.807, 2.05) is 0 Å². The third kappa shape index (κ3) is 2.44. The van der Waals surface area contributed by atoms with Gasteiger partial charge in [-0.2, -0.15) is 0 Å². The molecule has 0 atom stereocenters. The zero-order valence-electron chi connectivity index (χ0n) is 12.6. The first-order valence-electron chi connectivity index (χ1n) is 6.71. The van der Waals surface area contributed by atoms with E-state index < -0.39 is 74.7 Å². The smallest absolute Gasteiger partial charge is 0.200 e. The first kappa shape index (κ1) is 18.2. The molecule has 2 aromatic rings. The van der Waals surface area contributed by atoms with Gasteiger partial charge in [-0.1, -0.05) is 13.8 Å². The Morgan fingerprint density at radius 2 is 0.833 bits per heavy atom. The van der Waals surface area contributed by atoms with Gasteiger partial charge in [0, 0.05) is 5.56 Å². The highest BCUT2D eigenvalue weighted by Crippen LogP contribution is 2.39. The van der Waals surface area contributed by atoms with E-state index in [0.29, 0.717) is 0 Å². The highest BCUT2D eigenvalue weighted by Gasteiger charge is 2.32. The Morgan fingerprint density at radius 3 is 1.25 bits per heavy atom. The average Bonchev–Trinajstić information content (AvgIpc) is 2.52. The SMILES string of the molecule is Cc1c(-c2c(F)c(F)c(F)c(F)c2F)c(F)c(F)c(F)c1C(C)C. The molecule has 0 saturated heterocycles. The van der Waals surface area contributed by atoms with Gasteiger partial charge in [0.15, 0.2) is 40.7 Å². The van der Waals surface area contributed by atoms with E-state index in [9.17, 15) is 35.1 Å². The molecule has 0 aliphatic rings. The number of hydrogen-bond donors (Lipinski definition) is 0. The van der Waals surface area contributed by atoms with E-state index in [-0.39, 0.29) is 0 Å². The topological polar surface area (TPSA) is 0 Å². The predicted molar refractivity (Wildman–Crippen MR) is 70.4 cm³/mol. The molecule has 0 amide bonds. The van der Waals surface area contributed by atoms with E-state index >= 15 is 0 Å². The summed E-state index contributed by atoms with van der Waals surface area (Å²) in [6, 6.07) is 0. The molecule has 0 spiro atoms. The zero-order chi connectivity index (χ0) is 18.5. The van der Waals surface area contributed by atoms with E-state index in [4.69, 9.17) is 0 Å². The van der Waals surface area contributed by atoms with Gasteiger partial charge < -0.3 is 0 Å². The highest BCUT2D eigenvalue weighted by molar-refractivity contribution is 5.71. The van der Waals surface area contributed by atoms with Crippen LogP contribution >= 0.6 is 0 Å². The van der Waals surface area contributed by atoms with Gasteiger partial charge >= 0.3 is 0 Å². The maximum Gasteiger partial charge on any atom is 0.200 e. The molecule has 0 heterocycles. The Bertz CT molecular complexity index is 810. The van der Waals surface area contributed by atoms with Gasteiger partial charge in [0.05, 0.1) is 5.56 Å². The number of rotatable bonds is 2. The lowest BCUT2D eigenvalue weighted by atomic mass is 9.89. The minimum absolute atomic E-state index is 0.423. The van der Waals surface area contributed by atoms with Crippen LogP contribution in [0.4, 0.5) is 35.1 Å². The second-order valence-electron chi connectivity index (χ2n) is 5.46. The van der Waals surface area contributed by atoms with Crippen molar-refractivity contribution in [1.29, 1.82) is 0 Å². The Balaban J connectivity index is 3.05. The van der Waals surface area contributed by atoms with Gasteiger partial charge in [-0.05, 0) is 24.0 Å². The molecule has 0 aromatic heterocycles. The monoisotopic (exact) mass is 354 g/mol. The Labute approximate surface area is 131 Å². The van der Waals surface area contributed by atoms with Crippen LogP contribution in [0, 0.1) is 53.5 Å². The molecule has 0 aliphatic heterocycles. The van der Waals surface area contributed by atoms with Crippen molar-refractivity contribution < 1.29 is 35.1 Å². The summed E-state index contributed by atoms with van der Waals surface area (Å²) in [6.07, 6.45) is 0. The third-order valence-corrected chi connectivity index (χ3v) is 3.66. The minimum Gasteiger partial charge on any atom is -0.203 e. The van der Waals surface area contributed by atoms with Crippen molar-refractivity contribution in [3.63, 3.8) is 0 Å². The minimum atomic E-state index is -2.43. The molecule has 0 radical (unpaired) electrons. The van der Waals surface area contributed by atoms with Crippen LogP contribution in [-0.4, -0.2) is 0 Å². The van der Waals surface area contributed by atoms with Gasteiger partial charge in [0.2, 0.25) is 5.82 Å². The molecule has 8 heteroatoms. The predicted octanol–water partition coefficient (Wildman–Crippen LogP) is 5.90. The molecular weight excluding hydrogens is 344 g/mol. The normalized spacial score (nSPS) is 11.5. The van der Waals surface area contributed by atoms with Gasteiger partial charge in [0.25, 0.3) is 0 Å². The third-order valence-electron chi connectivity index (χ3n) is 3.66. The van der Waals surface area contributed by atoms with Crippen LogP contribution in [0.2, 0.25) is 0 Å². The lowest BCUT2D eigenvalue weighted by molar-refractivity contribution is 0.380. The maximum atomic E-state index is 14.1. The van der Waals surface area contributed by atoms with Gasteiger partial charge in [-0.25, -0.2) is 35.1 Å².